The van der Waals surface area contributed by atoms with Gasteiger partial charge in [-0.15, -0.1) is 0 Å². The first-order chi connectivity index (χ1) is 9.15. The standard InChI is InChI=1S/C13H18N2O4/c1-3-5-9(4-2)14-10-6-12-13(19-8-18-12)7-11(10)15(16)17/h6-7,9,14H,3-5,8H2,1-2H3. The molecule has 0 aromatic heterocycles. The van der Waals surface area contributed by atoms with Crippen molar-refractivity contribution in [2.45, 2.75) is 39.2 Å². The first kappa shape index (κ1) is 13.5. The van der Waals surface area contributed by atoms with Gasteiger partial charge in [-0.25, -0.2) is 0 Å². The molecule has 0 fully saturated rings. The van der Waals surface area contributed by atoms with Gasteiger partial charge in [0.05, 0.1) is 11.0 Å². The van der Waals surface area contributed by atoms with E-state index in [4.69, 9.17) is 9.47 Å². The average molecular weight is 266 g/mol. The van der Waals surface area contributed by atoms with Gasteiger partial charge < -0.3 is 14.8 Å². The van der Waals surface area contributed by atoms with Gasteiger partial charge in [-0.3, -0.25) is 10.1 Å². The van der Waals surface area contributed by atoms with Gasteiger partial charge in [0.1, 0.15) is 5.69 Å². The molecule has 1 atom stereocenters. The molecule has 6 heteroatoms. The Hall–Kier alpha value is -1.98. The lowest BCUT2D eigenvalue weighted by Gasteiger charge is -2.17. The molecule has 0 spiro atoms. The topological polar surface area (TPSA) is 73.6 Å². The summed E-state index contributed by atoms with van der Waals surface area (Å²) in [4.78, 5) is 10.7. The summed E-state index contributed by atoms with van der Waals surface area (Å²) >= 11 is 0. The summed E-state index contributed by atoms with van der Waals surface area (Å²) in [6.07, 6.45) is 2.92. The lowest BCUT2D eigenvalue weighted by molar-refractivity contribution is -0.384. The molecule has 1 aliphatic rings. The van der Waals surface area contributed by atoms with Crippen LogP contribution in [0.1, 0.15) is 33.1 Å². The molecule has 2 rings (SSSR count). The van der Waals surface area contributed by atoms with Crippen LogP contribution < -0.4 is 14.8 Å². The highest BCUT2D eigenvalue weighted by Crippen LogP contribution is 2.40. The fraction of sp³-hybridized carbons (Fsp3) is 0.538. The van der Waals surface area contributed by atoms with Gasteiger partial charge >= 0.3 is 0 Å². The SMILES string of the molecule is CCCC(CC)Nc1cc2c(cc1[N+](=O)[O-])OCO2. The molecule has 1 N–H and O–H groups in total. The van der Waals surface area contributed by atoms with Crippen LogP contribution in [0.15, 0.2) is 12.1 Å². The molecule has 6 nitrogen and oxygen atoms in total. The van der Waals surface area contributed by atoms with E-state index >= 15 is 0 Å². The molecule has 0 saturated carbocycles. The Labute approximate surface area is 111 Å². The van der Waals surface area contributed by atoms with E-state index in [0.717, 1.165) is 19.3 Å². The highest BCUT2D eigenvalue weighted by atomic mass is 16.7. The number of nitro groups is 1. The normalized spacial score (nSPS) is 14.2. The lowest BCUT2D eigenvalue weighted by Crippen LogP contribution is -2.18. The molecular formula is C13H18N2O4. The molecule has 1 aromatic rings. The fourth-order valence-corrected chi connectivity index (χ4v) is 2.14. The van der Waals surface area contributed by atoms with Crippen LogP contribution in [0.4, 0.5) is 11.4 Å². The van der Waals surface area contributed by atoms with Crippen molar-refractivity contribution in [3.8, 4) is 11.5 Å². The molecule has 0 saturated heterocycles. The third kappa shape index (κ3) is 2.89. The Kier molecular flexibility index (Phi) is 4.09. The summed E-state index contributed by atoms with van der Waals surface area (Å²) in [5.74, 6) is 0.986. The van der Waals surface area contributed by atoms with E-state index in [-0.39, 0.29) is 18.5 Å². The van der Waals surface area contributed by atoms with Crippen LogP contribution in [-0.4, -0.2) is 17.8 Å². The molecular weight excluding hydrogens is 248 g/mol. The number of fused-ring (bicyclic) bond motifs is 1. The van der Waals surface area contributed by atoms with E-state index in [1.54, 1.807) is 6.07 Å². The van der Waals surface area contributed by atoms with E-state index < -0.39 is 4.92 Å². The molecule has 0 amide bonds. The van der Waals surface area contributed by atoms with E-state index in [9.17, 15) is 10.1 Å². The molecule has 1 aromatic carbocycles. The average Bonchev–Trinajstić information content (AvgIpc) is 2.84. The van der Waals surface area contributed by atoms with Gasteiger partial charge in [0.2, 0.25) is 6.79 Å². The van der Waals surface area contributed by atoms with Crippen LogP contribution in [0.2, 0.25) is 0 Å². The number of ether oxygens (including phenoxy) is 2. The number of nitrogens with zero attached hydrogens (tertiary/aromatic N) is 1. The maximum absolute atomic E-state index is 11.1. The number of hydrogen-bond acceptors (Lipinski definition) is 5. The molecule has 1 aliphatic heterocycles. The van der Waals surface area contributed by atoms with Crippen LogP contribution in [0.5, 0.6) is 11.5 Å². The second kappa shape index (κ2) is 5.77. The molecule has 1 heterocycles. The summed E-state index contributed by atoms with van der Waals surface area (Å²) in [5, 5.41) is 14.4. The third-order valence-corrected chi connectivity index (χ3v) is 3.18. The first-order valence-corrected chi connectivity index (χ1v) is 6.50. The number of anilines is 1. The van der Waals surface area contributed by atoms with Crippen LogP contribution in [0, 0.1) is 10.1 Å². The number of hydrogen-bond donors (Lipinski definition) is 1. The summed E-state index contributed by atoms with van der Waals surface area (Å²) in [5.41, 5.74) is 0.522. The second-order valence-electron chi connectivity index (χ2n) is 4.52. The van der Waals surface area contributed by atoms with Gasteiger partial charge in [0.25, 0.3) is 5.69 Å². The van der Waals surface area contributed by atoms with Crippen molar-refractivity contribution in [2.75, 3.05) is 12.1 Å². The largest absolute Gasteiger partial charge is 0.454 e. The van der Waals surface area contributed by atoms with Gasteiger partial charge in [0, 0.05) is 12.1 Å². The van der Waals surface area contributed by atoms with Crippen LogP contribution >= 0.6 is 0 Å². The predicted molar refractivity (Wildman–Crippen MR) is 71.8 cm³/mol. The number of benzene rings is 1. The van der Waals surface area contributed by atoms with Crippen LogP contribution in [-0.2, 0) is 0 Å². The van der Waals surface area contributed by atoms with E-state index in [0.29, 0.717) is 17.2 Å². The van der Waals surface area contributed by atoms with E-state index in [2.05, 4.69) is 19.2 Å². The Morgan fingerprint density at radius 2 is 2.05 bits per heavy atom. The van der Waals surface area contributed by atoms with Gasteiger partial charge in [-0.05, 0) is 12.8 Å². The zero-order valence-electron chi connectivity index (χ0n) is 11.1. The van der Waals surface area contributed by atoms with Crippen molar-refractivity contribution in [1.29, 1.82) is 0 Å². The lowest BCUT2D eigenvalue weighted by atomic mass is 10.1. The minimum atomic E-state index is -0.400. The quantitative estimate of drug-likeness (QED) is 0.631. The van der Waals surface area contributed by atoms with E-state index in [1.807, 2.05) is 0 Å². The van der Waals surface area contributed by atoms with Gasteiger partial charge in [-0.1, -0.05) is 20.3 Å². The highest BCUT2D eigenvalue weighted by molar-refractivity contribution is 5.69. The molecule has 0 aliphatic carbocycles. The fourth-order valence-electron chi connectivity index (χ4n) is 2.14. The minimum Gasteiger partial charge on any atom is -0.454 e. The Morgan fingerprint density at radius 1 is 1.37 bits per heavy atom. The highest BCUT2D eigenvalue weighted by Gasteiger charge is 2.24. The number of nitro benzene ring substituents is 1. The molecule has 19 heavy (non-hydrogen) atoms. The minimum absolute atomic E-state index is 0.0267. The molecule has 104 valence electrons. The Bertz CT molecular complexity index is 476. The maximum Gasteiger partial charge on any atom is 0.296 e. The smallest absolute Gasteiger partial charge is 0.296 e. The Balaban J connectivity index is 2.29. The van der Waals surface area contributed by atoms with Crippen molar-refractivity contribution < 1.29 is 14.4 Å². The monoisotopic (exact) mass is 266 g/mol. The van der Waals surface area contributed by atoms with Crippen LogP contribution in [0.25, 0.3) is 0 Å². The summed E-state index contributed by atoms with van der Waals surface area (Å²) < 4.78 is 10.4. The first-order valence-electron chi connectivity index (χ1n) is 6.50. The number of nitrogens with one attached hydrogen (secondary N) is 1. The van der Waals surface area contributed by atoms with Crippen molar-refractivity contribution in [1.82, 2.24) is 0 Å². The molecule has 0 radical (unpaired) electrons. The third-order valence-electron chi connectivity index (χ3n) is 3.18. The van der Waals surface area contributed by atoms with Crippen molar-refractivity contribution in [3.63, 3.8) is 0 Å². The molecule has 1 unspecified atom stereocenters. The predicted octanol–water partition coefficient (Wildman–Crippen LogP) is 3.31. The van der Waals surface area contributed by atoms with Gasteiger partial charge in [-0.2, -0.15) is 0 Å². The summed E-state index contributed by atoms with van der Waals surface area (Å²) in [7, 11) is 0. The van der Waals surface area contributed by atoms with Crippen LogP contribution in [0.3, 0.4) is 0 Å². The van der Waals surface area contributed by atoms with E-state index in [1.165, 1.54) is 6.07 Å². The summed E-state index contributed by atoms with van der Waals surface area (Å²) in [6, 6.07) is 3.30. The maximum atomic E-state index is 11.1. The van der Waals surface area contributed by atoms with Crippen molar-refractivity contribution in [3.05, 3.63) is 22.2 Å². The summed E-state index contributed by atoms with van der Waals surface area (Å²) in [6.45, 7) is 4.27. The van der Waals surface area contributed by atoms with Crippen molar-refractivity contribution in [2.24, 2.45) is 0 Å². The van der Waals surface area contributed by atoms with Crippen molar-refractivity contribution >= 4 is 11.4 Å². The number of rotatable bonds is 6. The molecule has 0 bridgehead atoms. The second-order valence-corrected chi connectivity index (χ2v) is 4.52. The Morgan fingerprint density at radius 3 is 2.63 bits per heavy atom. The zero-order chi connectivity index (χ0) is 13.8. The van der Waals surface area contributed by atoms with Gasteiger partial charge in [0.15, 0.2) is 11.5 Å². The zero-order valence-corrected chi connectivity index (χ0v) is 11.1.